The van der Waals surface area contributed by atoms with Crippen molar-refractivity contribution in [1.82, 2.24) is 19.2 Å². The zero-order valence-corrected chi connectivity index (χ0v) is 21.4. The zero-order valence-electron chi connectivity index (χ0n) is 20.6. The van der Waals surface area contributed by atoms with Gasteiger partial charge in [-0.05, 0) is 43.0 Å². The lowest BCUT2D eigenvalue weighted by Gasteiger charge is -2.23. The van der Waals surface area contributed by atoms with Gasteiger partial charge in [0.25, 0.3) is 5.56 Å². The maximum Gasteiger partial charge on any atom is 0.330 e. The first-order chi connectivity index (χ1) is 17.2. The van der Waals surface area contributed by atoms with Gasteiger partial charge in [-0.3, -0.25) is 18.7 Å². The minimum absolute atomic E-state index is 0.0211. The van der Waals surface area contributed by atoms with Crippen molar-refractivity contribution >= 4 is 26.8 Å². The van der Waals surface area contributed by atoms with Gasteiger partial charge in [0.1, 0.15) is 6.04 Å². The summed E-state index contributed by atoms with van der Waals surface area (Å²) in [6.07, 6.45) is 6.29. The maximum absolute atomic E-state index is 13.4. The molecule has 0 saturated heterocycles. The number of rotatable bonds is 7. The Kier molecular flexibility index (Phi) is 7.75. The molecule has 1 aliphatic carbocycles. The second-order valence-corrected chi connectivity index (χ2v) is 11.2. The molecular weight excluding hydrogens is 480 g/mol. The molecule has 0 aliphatic heterocycles. The largest absolute Gasteiger partial charge is 0.352 e. The number of nitrogens with zero attached hydrogens (tertiary/aromatic N) is 2. The highest BCUT2D eigenvalue weighted by Crippen LogP contribution is 2.19. The van der Waals surface area contributed by atoms with Gasteiger partial charge in [0, 0.05) is 20.1 Å². The summed E-state index contributed by atoms with van der Waals surface area (Å²) in [5.74, 6) is -0.367. The highest BCUT2D eigenvalue weighted by molar-refractivity contribution is 7.89. The topological polar surface area (TPSA) is 119 Å². The van der Waals surface area contributed by atoms with Gasteiger partial charge in [-0.25, -0.2) is 13.2 Å². The standard InChI is InChI=1S/C26H32N4O5S/c1-29-23-15-14-20(17-21(23)25(32)30(2)26(29)33)36(34,35)28-22(16-18-10-6-5-7-11-18)24(31)27-19-12-8-3-4-9-13-19/h5-7,10-11,14-15,17,19,22,28H,3-4,8-9,12-13,16H2,1-2H3,(H,27,31)/t22-/m1/s1. The molecule has 0 spiro atoms. The number of hydrogen-bond donors (Lipinski definition) is 2. The summed E-state index contributed by atoms with van der Waals surface area (Å²) in [5.41, 5.74) is 0.0639. The lowest BCUT2D eigenvalue weighted by atomic mass is 10.0. The van der Waals surface area contributed by atoms with E-state index in [0.717, 1.165) is 48.7 Å². The number of amides is 1. The van der Waals surface area contributed by atoms with Gasteiger partial charge in [0.05, 0.1) is 15.8 Å². The smallest absolute Gasteiger partial charge is 0.330 e. The number of aryl methyl sites for hydroxylation is 1. The van der Waals surface area contributed by atoms with Gasteiger partial charge in [-0.15, -0.1) is 0 Å². The van der Waals surface area contributed by atoms with Crippen LogP contribution >= 0.6 is 0 Å². The van der Waals surface area contributed by atoms with Crippen LogP contribution in [0.1, 0.15) is 44.1 Å². The van der Waals surface area contributed by atoms with E-state index < -0.39 is 27.3 Å². The summed E-state index contributed by atoms with van der Waals surface area (Å²) in [6.45, 7) is 0. The normalized spacial score (nSPS) is 15.9. The molecule has 1 aliphatic rings. The summed E-state index contributed by atoms with van der Waals surface area (Å²) in [5, 5.41) is 3.16. The predicted molar refractivity (Wildman–Crippen MR) is 138 cm³/mol. The van der Waals surface area contributed by atoms with E-state index in [1.54, 1.807) is 0 Å². The summed E-state index contributed by atoms with van der Waals surface area (Å²) < 4.78 is 31.6. The molecule has 36 heavy (non-hydrogen) atoms. The van der Waals surface area contributed by atoms with E-state index in [0.29, 0.717) is 5.52 Å². The fourth-order valence-corrected chi connectivity index (χ4v) is 5.98. The molecule has 3 aromatic rings. The van der Waals surface area contributed by atoms with Crippen molar-refractivity contribution in [1.29, 1.82) is 0 Å². The molecule has 1 heterocycles. The third kappa shape index (κ3) is 5.60. The summed E-state index contributed by atoms with van der Waals surface area (Å²) in [6, 6.07) is 12.3. The molecule has 1 fully saturated rings. The Labute approximate surface area is 210 Å². The van der Waals surface area contributed by atoms with Crippen LogP contribution in [0.2, 0.25) is 0 Å². The minimum atomic E-state index is -4.16. The van der Waals surface area contributed by atoms with Crippen LogP contribution < -0.4 is 21.3 Å². The molecule has 10 heteroatoms. The lowest BCUT2D eigenvalue weighted by molar-refractivity contribution is -0.123. The minimum Gasteiger partial charge on any atom is -0.352 e. The number of sulfonamides is 1. The van der Waals surface area contributed by atoms with Crippen molar-refractivity contribution in [3.8, 4) is 0 Å². The first-order valence-electron chi connectivity index (χ1n) is 12.2. The van der Waals surface area contributed by atoms with E-state index in [-0.39, 0.29) is 28.7 Å². The number of carbonyl (C=O) groups excluding carboxylic acids is 1. The SMILES string of the molecule is Cn1c(=O)c2cc(S(=O)(=O)N[C@H](Cc3ccccc3)C(=O)NC3CCCCCC3)ccc2n(C)c1=O. The Morgan fingerprint density at radius 2 is 1.64 bits per heavy atom. The molecule has 9 nitrogen and oxygen atoms in total. The van der Waals surface area contributed by atoms with E-state index in [2.05, 4.69) is 10.0 Å². The number of hydrogen-bond acceptors (Lipinski definition) is 5. The molecule has 192 valence electrons. The molecule has 1 atom stereocenters. The Hall–Kier alpha value is -3.24. The first-order valence-corrected chi connectivity index (χ1v) is 13.7. The zero-order chi connectivity index (χ0) is 25.9. The van der Waals surface area contributed by atoms with Crippen molar-refractivity contribution in [3.05, 3.63) is 74.9 Å². The van der Waals surface area contributed by atoms with Gasteiger partial charge >= 0.3 is 5.69 Å². The molecule has 2 N–H and O–H groups in total. The Morgan fingerprint density at radius 3 is 2.31 bits per heavy atom. The molecule has 1 amide bonds. The van der Waals surface area contributed by atoms with Crippen molar-refractivity contribution in [2.75, 3.05) is 0 Å². The highest BCUT2D eigenvalue weighted by atomic mass is 32.2. The van der Waals surface area contributed by atoms with Crippen molar-refractivity contribution in [3.63, 3.8) is 0 Å². The summed E-state index contributed by atoms with van der Waals surface area (Å²) >= 11 is 0. The van der Waals surface area contributed by atoms with Crippen molar-refractivity contribution < 1.29 is 13.2 Å². The van der Waals surface area contributed by atoms with Crippen LogP contribution in [0.25, 0.3) is 10.9 Å². The second kappa shape index (κ2) is 10.8. The monoisotopic (exact) mass is 512 g/mol. The van der Waals surface area contributed by atoms with E-state index in [9.17, 15) is 22.8 Å². The number of benzene rings is 2. The van der Waals surface area contributed by atoms with E-state index in [1.165, 1.54) is 36.9 Å². The summed E-state index contributed by atoms with van der Waals surface area (Å²) in [4.78, 5) is 38.0. The van der Waals surface area contributed by atoms with Crippen LogP contribution in [0.3, 0.4) is 0 Å². The molecule has 1 aromatic heterocycles. The number of aromatic nitrogens is 2. The molecule has 2 aromatic carbocycles. The molecule has 4 rings (SSSR count). The van der Waals surface area contributed by atoms with Crippen LogP contribution in [0.15, 0.2) is 63.0 Å². The Bertz CT molecular complexity index is 1470. The van der Waals surface area contributed by atoms with E-state index in [4.69, 9.17) is 0 Å². The molecule has 0 bridgehead atoms. The molecule has 1 saturated carbocycles. The van der Waals surface area contributed by atoms with Crippen molar-refractivity contribution in [2.24, 2.45) is 14.1 Å². The van der Waals surface area contributed by atoms with Gasteiger partial charge in [0.15, 0.2) is 0 Å². The first kappa shape index (κ1) is 25.8. The molecular formula is C26H32N4O5S. The lowest BCUT2D eigenvalue weighted by Crippen LogP contribution is -2.50. The average molecular weight is 513 g/mol. The van der Waals surface area contributed by atoms with Crippen LogP contribution in [0.5, 0.6) is 0 Å². The quantitative estimate of drug-likeness (QED) is 0.469. The fraction of sp³-hybridized carbons (Fsp3) is 0.423. The number of fused-ring (bicyclic) bond motifs is 1. The number of nitrogens with one attached hydrogen (secondary N) is 2. The fourth-order valence-electron chi connectivity index (χ4n) is 4.76. The van der Waals surface area contributed by atoms with Gasteiger partial charge in [-0.2, -0.15) is 4.72 Å². The van der Waals surface area contributed by atoms with Crippen LogP contribution in [-0.2, 0) is 35.3 Å². The maximum atomic E-state index is 13.4. The third-order valence-electron chi connectivity index (χ3n) is 6.85. The van der Waals surface area contributed by atoms with E-state index in [1.807, 2.05) is 30.3 Å². The average Bonchev–Trinajstić information content (AvgIpc) is 3.14. The molecule has 0 radical (unpaired) electrons. The predicted octanol–water partition coefficient (Wildman–Crippen LogP) is 1.97. The van der Waals surface area contributed by atoms with E-state index >= 15 is 0 Å². The summed E-state index contributed by atoms with van der Waals surface area (Å²) in [7, 11) is -1.30. The van der Waals surface area contributed by atoms with Crippen LogP contribution in [0, 0.1) is 0 Å². The Morgan fingerprint density at radius 1 is 0.972 bits per heavy atom. The molecule has 0 unspecified atom stereocenters. The number of carbonyl (C=O) groups is 1. The Balaban J connectivity index is 1.65. The highest BCUT2D eigenvalue weighted by Gasteiger charge is 2.28. The van der Waals surface area contributed by atoms with Crippen molar-refractivity contribution in [2.45, 2.75) is 61.9 Å². The van der Waals surface area contributed by atoms with Crippen LogP contribution in [-0.4, -0.2) is 35.5 Å². The van der Waals surface area contributed by atoms with Crippen LogP contribution in [0.4, 0.5) is 0 Å². The second-order valence-electron chi connectivity index (χ2n) is 9.45. The van der Waals surface area contributed by atoms with Gasteiger partial charge < -0.3 is 5.32 Å². The van der Waals surface area contributed by atoms with Gasteiger partial charge in [-0.1, -0.05) is 56.0 Å². The third-order valence-corrected chi connectivity index (χ3v) is 8.32. The van der Waals surface area contributed by atoms with Gasteiger partial charge in [0.2, 0.25) is 15.9 Å².